The van der Waals surface area contributed by atoms with E-state index in [1.807, 2.05) is 4.90 Å². The van der Waals surface area contributed by atoms with E-state index in [9.17, 15) is 13.2 Å². The Morgan fingerprint density at radius 1 is 1.12 bits per heavy atom. The number of hydrogen-bond donors (Lipinski definition) is 1. The van der Waals surface area contributed by atoms with E-state index in [1.54, 1.807) is 12.1 Å². The Labute approximate surface area is 161 Å². The smallest absolute Gasteiger partial charge is 0.389 e. The van der Waals surface area contributed by atoms with E-state index in [2.05, 4.69) is 5.32 Å². The summed E-state index contributed by atoms with van der Waals surface area (Å²) in [6.07, 6.45) is -5.05. The average molecular weight is 424 g/mol. The highest BCUT2D eigenvalue weighted by Gasteiger charge is 2.33. The normalized spacial score (nSPS) is 18.2. The van der Waals surface area contributed by atoms with Crippen LogP contribution in [0.3, 0.4) is 0 Å². The predicted octanol–water partition coefficient (Wildman–Crippen LogP) is 4.20. The van der Waals surface area contributed by atoms with Crippen molar-refractivity contribution in [2.75, 3.05) is 33.0 Å². The largest absolute Gasteiger partial charge is 0.454 e. The van der Waals surface area contributed by atoms with Crippen LogP contribution in [0.1, 0.15) is 24.4 Å². The van der Waals surface area contributed by atoms with Crippen molar-refractivity contribution >= 4 is 36.4 Å². The van der Waals surface area contributed by atoms with Gasteiger partial charge in [-0.05, 0) is 18.1 Å². The fourth-order valence-electron chi connectivity index (χ4n) is 3.02. The second kappa shape index (κ2) is 9.37. The Kier molecular flexibility index (Phi) is 8.41. The minimum Gasteiger partial charge on any atom is -0.454 e. The monoisotopic (exact) mass is 422 g/mol. The van der Waals surface area contributed by atoms with Gasteiger partial charge in [0.25, 0.3) is 0 Å². The van der Waals surface area contributed by atoms with Gasteiger partial charge in [0.05, 0.1) is 0 Å². The standard InChI is InChI=1S/C15H18ClF3N2O2.2ClH/c16-11-8-14-13(22-9-23-14)7-10(11)12(1-2-15(17,18)19)21-5-3-20-4-6-21;;/h7-8,12,20H,1-6,9H2;2*1H/t12-;;/m1../s1. The van der Waals surface area contributed by atoms with Gasteiger partial charge in [0, 0.05) is 49.7 Å². The highest BCUT2D eigenvalue weighted by atomic mass is 35.5. The maximum absolute atomic E-state index is 12.7. The SMILES string of the molecule is Cl.Cl.FC(F)(F)CC[C@H](c1cc2c(cc1Cl)OCO2)N1CCNCC1. The number of hydrogen-bond acceptors (Lipinski definition) is 4. The van der Waals surface area contributed by atoms with Crippen molar-refractivity contribution < 1.29 is 22.6 Å². The molecule has 1 N–H and O–H groups in total. The van der Waals surface area contributed by atoms with Crippen molar-refractivity contribution in [3.05, 3.63) is 22.7 Å². The summed E-state index contributed by atoms with van der Waals surface area (Å²) in [5.74, 6) is 1.07. The number of alkyl halides is 3. The van der Waals surface area contributed by atoms with E-state index >= 15 is 0 Å². The maximum Gasteiger partial charge on any atom is 0.389 e. The summed E-state index contributed by atoms with van der Waals surface area (Å²) in [4.78, 5) is 2.05. The van der Waals surface area contributed by atoms with Crippen molar-refractivity contribution in [2.24, 2.45) is 0 Å². The molecule has 0 unspecified atom stereocenters. The third-order valence-electron chi connectivity index (χ3n) is 4.14. The molecule has 1 fully saturated rings. The number of nitrogens with zero attached hydrogens (tertiary/aromatic N) is 1. The number of piperazine rings is 1. The second-order valence-electron chi connectivity index (χ2n) is 5.68. The molecule has 1 atom stereocenters. The van der Waals surface area contributed by atoms with Crippen molar-refractivity contribution in [1.29, 1.82) is 0 Å². The van der Waals surface area contributed by atoms with Gasteiger partial charge >= 0.3 is 6.18 Å². The molecule has 0 saturated carbocycles. The summed E-state index contributed by atoms with van der Waals surface area (Å²) in [7, 11) is 0. The highest BCUT2D eigenvalue weighted by Crippen LogP contribution is 2.42. The third kappa shape index (κ3) is 5.69. The van der Waals surface area contributed by atoms with E-state index in [0.29, 0.717) is 35.2 Å². The van der Waals surface area contributed by atoms with Crippen molar-refractivity contribution in [1.82, 2.24) is 10.2 Å². The lowest BCUT2D eigenvalue weighted by Crippen LogP contribution is -2.45. The summed E-state index contributed by atoms with van der Waals surface area (Å²) in [6.45, 7) is 2.99. The Morgan fingerprint density at radius 3 is 2.32 bits per heavy atom. The summed E-state index contributed by atoms with van der Waals surface area (Å²) in [5.41, 5.74) is 0.669. The van der Waals surface area contributed by atoms with Gasteiger partial charge in [-0.2, -0.15) is 13.2 Å². The zero-order valence-electron chi connectivity index (χ0n) is 13.3. The molecule has 10 heteroatoms. The lowest BCUT2D eigenvalue weighted by atomic mass is 9.98. The van der Waals surface area contributed by atoms with Crippen LogP contribution in [0.4, 0.5) is 13.2 Å². The second-order valence-corrected chi connectivity index (χ2v) is 6.09. The minimum absolute atomic E-state index is 0. The molecule has 144 valence electrons. The molecule has 3 rings (SSSR count). The van der Waals surface area contributed by atoms with Gasteiger partial charge in [-0.3, -0.25) is 4.90 Å². The molecule has 0 aliphatic carbocycles. The van der Waals surface area contributed by atoms with Crippen LogP contribution in [0.2, 0.25) is 5.02 Å². The zero-order chi connectivity index (χ0) is 16.4. The summed E-state index contributed by atoms with van der Waals surface area (Å²) in [6, 6.07) is 2.95. The van der Waals surface area contributed by atoms with E-state index in [4.69, 9.17) is 21.1 Å². The fourth-order valence-corrected chi connectivity index (χ4v) is 3.30. The fraction of sp³-hybridized carbons (Fsp3) is 0.600. The number of nitrogens with one attached hydrogen (secondary N) is 1. The molecule has 2 heterocycles. The first kappa shape index (κ1) is 22.4. The van der Waals surface area contributed by atoms with Crippen LogP contribution in [-0.4, -0.2) is 44.0 Å². The molecule has 0 aromatic heterocycles. The van der Waals surface area contributed by atoms with Crippen LogP contribution < -0.4 is 14.8 Å². The van der Waals surface area contributed by atoms with Gasteiger partial charge in [0.15, 0.2) is 11.5 Å². The minimum atomic E-state index is -4.19. The quantitative estimate of drug-likeness (QED) is 0.787. The highest BCUT2D eigenvalue weighted by molar-refractivity contribution is 6.31. The van der Waals surface area contributed by atoms with Gasteiger partial charge in [-0.15, -0.1) is 24.8 Å². The molecule has 0 bridgehead atoms. The molecular formula is C15H20Cl3F3N2O2. The first-order valence-corrected chi connectivity index (χ1v) is 7.92. The maximum atomic E-state index is 12.7. The molecule has 2 aliphatic heterocycles. The van der Waals surface area contributed by atoms with E-state index < -0.39 is 12.6 Å². The van der Waals surface area contributed by atoms with Crippen LogP contribution in [-0.2, 0) is 0 Å². The summed E-state index contributed by atoms with van der Waals surface area (Å²) < 4.78 is 48.7. The first-order valence-electron chi connectivity index (χ1n) is 7.54. The predicted molar refractivity (Wildman–Crippen MR) is 94.5 cm³/mol. The van der Waals surface area contributed by atoms with Crippen LogP contribution in [0.5, 0.6) is 11.5 Å². The number of benzene rings is 1. The molecule has 0 amide bonds. The lowest BCUT2D eigenvalue weighted by molar-refractivity contribution is -0.138. The Hall–Kier alpha value is -0.600. The van der Waals surface area contributed by atoms with Gasteiger partial charge < -0.3 is 14.8 Å². The number of ether oxygens (including phenoxy) is 2. The van der Waals surface area contributed by atoms with E-state index in [1.165, 1.54) is 0 Å². The van der Waals surface area contributed by atoms with E-state index in [-0.39, 0.29) is 44.1 Å². The Morgan fingerprint density at radius 2 is 1.72 bits per heavy atom. The van der Waals surface area contributed by atoms with Gasteiger partial charge in [-0.1, -0.05) is 11.6 Å². The van der Waals surface area contributed by atoms with Crippen LogP contribution in [0, 0.1) is 0 Å². The lowest BCUT2D eigenvalue weighted by Gasteiger charge is -2.36. The number of halogens is 6. The van der Waals surface area contributed by atoms with Crippen molar-refractivity contribution in [2.45, 2.75) is 25.1 Å². The Bertz CT molecular complexity index is 570. The topological polar surface area (TPSA) is 33.7 Å². The molecule has 1 aromatic carbocycles. The number of rotatable bonds is 4. The van der Waals surface area contributed by atoms with Gasteiger partial charge in [0.2, 0.25) is 6.79 Å². The van der Waals surface area contributed by atoms with Crippen LogP contribution in [0.25, 0.3) is 0 Å². The zero-order valence-corrected chi connectivity index (χ0v) is 15.7. The van der Waals surface area contributed by atoms with Gasteiger partial charge in [0.1, 0.15) is 0 Å². The Balaban J connectivity index is 0.00000156. The molecule has 0 spiro atoms. The molecule has 1 saturated heterocycles. The molecule has 0 radical (unpaired) electrons. The van der Waals surface area contributed by atoms with Crippen LogP contribution in [0.15, 0.2) is 12.1 Å². The van der Waals surface area contributed by atoms with E-state index in [0.717, 1.165) is 13.1 Å². The van der Waals surface area contributed by atoms with Crippen LogP contribution >= 0.6 is 36.4 Å². The average Bonchev–Trinajstić information content (AvgIpc) is 2.94. The molecular weight excluding hydrogens is 404 g/mol. The van der Waals surface area contributed by atoms with Crippen molar-refractivity contribution in [3.63, 3.8) is 0 Å². The number of fused-ring (bicyclic) bond motifs is 1. The van der Waals surface area contributed by atoms with Gasteiger partial charge in [-0.25, -0.2) is 0 Å². The first-order chi connectivity index (χ1) is 10.9. The summed E-state index contributed by atoms with van der Waals surface area (Å²) >= 11 is 6.31. The van der Waals surface area contributed by atoms with Crippen molar-refractivity contribution in [3.8, 4) is 11.5 Å². The molecule has 1 aromatic rings. The summed E-state index contributed by atoms with van der Waals surface area (Å²) in [5, 5.41) is 3.62. The molecule has 2 aliphatic rings. The third-order valence-corrected chi connectivity index (χ3v) is 4.47. The molecule has 4 nitrogen and oxygen atoms in total. The molecule has 25 heavy (non-hydrogen) atoms.